The third-order valence-corrected chi connectivity index (χ3v) is 3.10. The molecule has 0 amide bonds. The molecule has 0 unspecified atom stereocenters. The van der Waals surface area contributed by atoms with E-state index in [-0.39, 0.29) is 0 Å². The predicted octanol–water partition coefficient (Wildman–Crippen LogP) is 2.76. The molecule has 0 spiro atoms. The smallest absolute Gasteiger partial charge is 0.119 e. The van der Waals surface area contributed by atoms with Gasteiger partial charge in [-0.15, -0.1) is 5.10 Å². The van der Waals surface area contributed by atoms with Gasteiger partial charge in [0.2, 0.25) is 0 Å². The van der Waals surface area contributed by atoms with Gasteiger partial charge in [0, 0.05) is 17.8 Å². The van der Waals surface area contributed by atoms with E-state index in [4.69, 9.17) is 16.3 Å². The van der Waals surface area contributed by atoms with Crippen LogP contribution in [0.25, 0.3) is 0 Å². The lowest BCUT2D eigenvalue weighted by molar-refractivity contribution is 0.289. The van der Waals surface area contributed by atoms with Crippen LogP contribution in [0.15, 0.2) is 30.5 Å². The molecule has 2 rings (SSSR count). The van der Waals surface area contributed by atoms with Crippen molar-refractivity contribution in [2.75, 3.05) is 13.2 Å². The lowest BCUT2D eigenvalue weighted by Crippen LogP contribution is -2.19. The molecular weight excluding hydrogens is 288 g/mol. The van der Waals surface area contributed by atoms with Crippen molar-refractivity contribution in [3.05, 3.63) is 41.2 Å². The van der Waals surface area contributed by atoms with Crippen molar-refractivity contribution >= 4 is 11.6 Å². The van der Waals surface area contributed by atoms with Crippen LogP contribution in [0.4, 0.5) is 0 Å². The van der Waals surface area contributed by atoms with Gasteiger partial charge < -0.3 is 10.1 Å². The lowest BCUT2D eigenvalue weighted by atomic mass is 10.2. The molecule has 1 N–H and O–H groups in total. The fourth-order valence-electron chi connectivity index (χ4n) is 1.81. The second kappa shape index (κ2) is 8.00. The molecule has 0 aliphatic carbocycles. The summed E-state index contributed by atoms with van der Waals surface area (Å²) in [7, 11) is 0. The molecule has 6 heteroatoms. The Morgan fingerprint density at radius 2 is 2.05 bits per heavy atom. The molecule has 0 aliphatic rings. The average Bonchev–Trinajstić information content (AvgIpc) is 2.88. The largest absolute Gasteiger partial charge is 0.492 e. The molecule has 114 valence electrons. The summed E-state index contributed by atoms with van der Waals surface area (Å²) in [5.41, 5.74) is 0.946. The van der Waals surface area contributed by atoms with E-state index in [2.05, 4.69) is 29.5 Å². The molecule has 0 radical (unpaired) electrons. The van der Waals surface area contributed by atoms with Crippen molar-refractivity contribution in [3.8, 4) is 5.75 Å². The van der Waals surface area contributed by atoms with Gasteiger partial charge in [0.25, 0.3) is 0 Å². The van der Waals surface area contributed by atoms with Crippen LogP contribution >= 0.6 is 11.6 Å². The fraction of sp³-hybridized carbons (Fsp3) is 0.467. The number of nitrogens with zero attached hydrogens (tertiary/aromatic N) is 3. The second-order valence-electron chi connectivity index (χ2n) is 5.30. The number of halogens is 1. The first-order valence-corrected chi connectivity index (χ1v) is 7.49. The molecule has 0 atom stereocenters. The van der Waals surface area contributed by atoms with Gasteiger partial charge in [-0.05, 0) is 36.7 Å². The summed E-state index contributed by atoms with van der Waals surface area (Å²) in [5, 5.41) is 12.3. The fourth-order valence-corrected chi connectivity index (χ4v) is 1.93. The maximum absolute atomic E-state index is 5.82. The number of benzene rings is 1. The van der Waals surface area contributed by atoms with Crippen LogP contribution in [-0.2, 0) is 13.1 Å². The first-order chi connectivity index (χ1) is 10.1. The zero-order chi connectivity index (χ0) is 15.1. The van der Waals surface area contributed by atoms with E-state index in [0.29, 0.717) is 24.1 Å². The Labute approximate surface area is 130 Å². The van der Waals surface area contributed by atoms with Crippen molar-refractivity contribution in [2.24, 2.45) is 5.92 Å². The first kappa shape index (κ1) is 15.8. The lowest BCUT2D eigenvalue weighted by Gasteiger charge is -2.06. The van der Waals surface area contributed by atoms with Crippen LogP contribution in [0.1, 0.15) is 19.5 Å². The molecular formula is C15H21ClN4O. The summed E-state index contributed by atoms with van der Waals surface area (Å²) in [6.07, 6.45) is 1.94. The van der Waals surface area contributed by atoms with E-state index in [9.17, 15) is 0 Å². The highest BCUT2D eigenvalue weighted by Gasteiger charge is 2.02. The van der Waals surface area contributed by atoms with Crippen LogP contribution in [0.5, 0.6) is 5.75 Å². The maximum atomic E-state index is 5.82. The van der Waals surface area contributed by atoms with Gasteiger partial charge >= 0.3 is 0 Å². The zero-order valence-corrected chi connectivity index (χ0v) is 13.2. The van der Waals surface area contributed by atoms with E-state index < -0.39 is 0 Å². The topological polar surface area (TPSA) is 52.0 Å². The summed E-state index contributed by atoms with van der Waals surface area (Å²) < 4.78 is 7.42. The van der Waals surface area contributed by atoms with Crippen molar-refractivity contribution in [1.29, 1.82) is 0 Å². The minimum absolute atomic E-state index is 0.545. The molecule has 0 fully saturated rings. The minimum Gasteiger partial charge on any atom is -0.492 e. The summed E-state index contributed by atoms with van der Waals surface area (Å²) in [6.45, 7) is 7.29. The quantitative estimate of drug-likeness (QED) is 0.814. The number of ether oxygens (including phenoxy) is 1. The van der Waals surface area contributed by atoms with Crippen LogP contribution in [0.2, 0.25) is 5.02 Å². The van der Waals surface area contributed by atoms with E-state index in [1.165, 1.54) is 0 Å². The van der Waals surface area contributed by atoms with Gasteiger partial charge in [-0.2, -0.15) is 0 Å². The Morgan fingerprint density at radius 3 is 2.76 bits per heavy atom. The standard InChI is InChI=1S/C15H21ClN4O/c1-12(2)9-17-10-14-11-20(19-18-14)7-8-21-15-5-3-13(16)4-6-15/h3-6,11-12,17H,7-10H2,1-2H3. The van der Waals surface area contributed by atoms with Crippen LogP contribution in [-0.4, -0.2) is 28.1 Å². The summed E-state index contributed by atoms with van der Waals surface area (Å²) in [6, 6.07) is 7.32. The second-order valence-corrected chi connectivity index (χ2v) is 5.74. The Bertz CT molecular complexity index is 539. The molecule has 21 heavy (non-hydrogen) atoms. The van der Waals surface area contributed by atoms with E-state index in [1.807, 2.05) is 30.5 Å². The van der Waals surface area contributed by atoms with Gasteiger partial charge in [-0.1, -0.05) is 30.7 Å². The molecule has 2 aromatic rings. The third kappa shape index (κ3) is 5.73. The van der Waals surface area contributed by atoms with Crippen molar-refractivity contribution < 1.29 is 4.74 Å². The minimum atomic E-state index is 0.545. The van der Waals surface area contributed by atoms with E-state index in [1.54, 1.807) is 4.68 Å². The Hall–Kier alpha value is -1.59. The maximum Gasteiger partial charge on any atom is 0.119 e. The highest BCUT2D eigenvalue weighted by molar-refractivity contribution is 6.30. The molecule has 0 saturated carbocycles. The number of hydrogen-bond donors (Lipinski definition) is 1. The third-order valence-electron chi connectivity index (χ3n) is 2.85. The zero-order valence-electron chi connectivity index (χ0n) is 12.4. The summed E-state index contributed by atoms with van der Waals surface area (Å²) in [4.78, 5) is 0. The van der Waals surface area contributed by atoms with E-state index >= 15 is 0 Å². The van der Waals surface area contributed by atoms with Gasteiger partial charge in [0.1, 0.15) is 12.4 Å². The van der Waals surface area contributed by atoms with Gasteiger partial charge in [-0.3, -0.25) is 0 Å². The monoisotopic (exact) mass is 308 g/mol. The molecule has 1 aromatic heterocycles. The number of rotatable bonds is 8. The average molecular weight is 309 g/mol. The number of aromatic nitrogens is 3. The summed E-state index contributed by atoms with van der Waals surface area (Å²) in [5.74, 6) is 1.44. The van der Waals surface area contributed by atoms with Gasteiger partial charge in [0.15, 0.2) is 0 Å². The molecule has 1 aromatic carbocycles. The SMILES string of the molecule is CC(C)CNCc1cn(CCOc2ccc(Cl)cc2)nn1. The van der Waals surface area contributed by atoms with Crippen LogP contribution in [0, 0.1) is 5.92 Å². The van der Waals surface area contributed by atoms with Crippen molar-refractivity contribution in [3.63, 3.8) is 0 Å². The molecule has 1 heterocycles. The van der Waals surface area contributed by atoms with E-state index in [0.717, 1.165) is 24.5 Å². The van der Waals surface area contributed by atoms with Gasteiger partial charge in [0.05, 0.1) is 12.2 Å². The highest BCUT2D eigenvalue weighted by atomic mass is 35.5. The highest BCUT2D eigenvalue weighted by Crippen LogP contribution is 2.15. The molecule has 5 nitrogen and oxygen atoms in total. The Kier molecular flexibility index (Phi) is 6.02. The molecule has 0 aliphatic heterocycles. The summed E-state index contributed by atoms with van der Waals surface area (Å²) >= 11 is 5.82. The Morgan fingerprint density at radius 1 is 1.29 bits per heavy atom. The van der Waals surface area contributed by atoms with Gasteiger partial charge in [-0.25, -0.2) is 4.68 Å². The predicted molar refractivity (Wildman–Crippen MR) is 83.5 cm³/mol. The van der Waals surface area contributed by atoms with Crippen LogP contribution < -0.4 is 10.1 Å². The number of hydrogen-bond acceptors (Lipinski definition) is 4. The Balaban J connectivity index is 1.71. The molecule has 0 saturated heterocycles. The first-order valence-electron chi connectivity index (χ1n) is 7.11. The normalized spacial score (nSPS) is 11.0. The van der Waals surface area contributed by atoms with Crippen molar-refractivity contribution in [1.82, 2.24) is 20.3 Å². The van der Waals surface area contributed by atoms with Crippen LogP contribution in [0.3, 0.4) is 0 Å². The number of nitrogens with one attached hydrogen (secondary N) is 1. The molecule has 0 bridgehead atoms. The van der Waals surface area contributed by atoms with Crippen molar-refractivity contribution in [2.45, 2.75) is 26.9 Å².